The predicted molar refractivity (Wildman–Crippen MR) is 56.2 cm³/mol. The molecule has 0 radical (unpaired) electrons. The van der Waals surface area contributed by atoms with Crippen LogP contribution in [0.1, 0.15) is 26.7 Å². The molecule has 2 unspecified atom stereocenters. The number of likely N-dealkylation sites (tertiary alicyclic amines) is 1. The van der Waals surface area contributed by atoms with Crippen LogP contribution in [0.15, 0.2) is 12.2 Å². The fourth-order valence-electron chi connectivity index (χ4n) is 2.02. The zero-order valence-corrected chi connectivity index (χ0v) is 8.94. The summed E-state index contributed by atoms with van der Waals surface area (Å²) in [5.74, 6) is -0.0484. The van der Waals surface area contributed by atoms with E-state index < -0.39 is 5.97 Å². The van der Waals surface area contributed by atoms with Gasteiger partial charge in [0.2, 0.25) is 0 Å². The Morgan fingerprint density at radius 3 is 2.86 bits per heavy atom. The number of aliphatic carboxylic acids is 1. The van der Waals surface area contributed by atoms with E-state index in [1.807, 2.05) is 0 Å². The van der Waals surface area contributed by atoms with Crippen molar-refractivity contribution in [3.05, 3.63) is 12.2 Å². The molecule has 3 heteroatoms. The van der Waals surface area contributed by atoms with Crippen molar-refractivity contribution in [1.82, 2.24) is 4.90 Å². The van der Waals surface area contributed by atoms with E-state index >= 15 is 0 Å². The lowest BCUT2D eigenvalue weighted by Gasteiger charge is -2.35. The van der Waals surface area contributed by atoms with E-state index in [1.165, 1.54) is 18.9 Å². The van der Waals surface area contributed by atoms with Gasteiger partial charge in [0.1, 0.15) is 0 Å². The average Bonchev–Trinajstić information content (AvgIpc) is 2.08. The Labute approximate surface area is 85.4 Å². The molecule has 0 aromatic carbocycles. The maximum absolute atomic E-state index is 10.3. The molecule has 0 bridgehead atoms. The molecule has 80 valence electrons. The predicted octanol–water partition coefficient (Wildman–Crippen LogP) is 1.75. The number of carbonyl (C=O) groups is 1. The Balaban J connectivity index is 2.34. The molecule has 1 N–H and O–H groups in total. The van der Waals surface area contributed by atoms with Gasteiger partial charge in [-0.15, -0.1) is 0 Å². The van der Waals surface area contributed by atoms with E-state index in [0.717, 1.165) is 19.0 Å². The van der Waals surface area contributed by atoms with E-state index in [2.05, 4.69) is 18.7 Å². The minimum absolute atomic E-state index is 0.581. The lowest BCUT2D eigenvalue weighted by atomic mass is 9.93. The topological polar surface area (TPSA) is 40.5 Å². The van der Waals surface area contributed by atoms with Crippen LogP contribution >= 0.6 is 0 Å². The third kappa shape index (κ3) is 3.50. The molecule has 0 aromatic rings. The minimum atomic E-state index is -0.858. The third-order valence-corrected chi connectivity index (χ3v) is 2.88. The van der Waals surface area contributed by atoms with Crippen LogP contribution in [0.5, 0.6) is 0 Å². The molecule has 1 aliphatic rings. The zero-order chi connectivity index (χ0) is 10.6. The SMILES string of the molecule is CC1CCN(CC=CC(=O)O)C(C)C1. The van der Waals surface area contributed by atoms with Crippen LogP contribution < -0.4 is 0 Å². The number of carboxylic acid groups (broad SMARTS) is 1. The van der Waals surface area contributed by atoms with Gasteiger partial charge in [0.25, 0.3) is 0 Å². The van der Waals surface area contributed by atoms with Crippen LogP contribution in [0.3, 0.4) is 0 Å². The Morgan fingerprint density at radius 1 is 1.57 bits per heavy atom. The maximum atomic E-state index is 10.3. The standard InChI is InChI=1S/C11H19NO2/c1-9-5-7-12(10(2)8-9)6-3-4-11(13)14/h3-4,9-10H,5-8H2,1-2H3,(H,13,14). The summed E-state index contributed by atoms with van der Waals surface area (Å²) in [6.45, 7) is 6.34. The fourth-order valence-corrected chi connectivity index (χ4v) is 2.02. The van der Waals surface area contributed by atoms with Gasteiger partial charge in [-0.2, -0.15) is 0 Å². The molecule has 0 amide bonds. The van der Waals surface area contributed by atoms with Gasteiger partial charge in [-0.25, -0.2) is 4.79 Å². The van der Waals surface area contributed by atoms with Crippen LogP contribution in [0.25, 0.3) is 0 Å². The van der Waals surface area contributed by atoms with Crippen molar-refractivity contribution < 1.29 is 9.90 Å². The van der Waals surface area contributed by atoms with Crippen molar-refractivity contribution in [3.63, 3.8) is 0 Å². The summed E-state index contributed by atoms with van der Waals surface area (Å²) in [4.78, 5) is 12.6. The van der Waals surface area contributed by atoms with Crippen molar-refractivity contribution in [1.29, 1.82) is 0 Å². The Hall–Kier alpha value is -0.830. The summed E-state index contributed by atoms with van der Waals surface area (Å²) >= 11 is 0. The van der Waals surface area contributed by atoms with Gasteiger partial charge in [0.15, 0.2) is 0 Å². The first-order chi connectivity index (χ1) is 6.59. The normalized spacial score (nSPS) is 29.6. The number of carboxylic acids is 1. The number of rotatable bonds is 3. The Kier molecular flexibility index (Phi) is 4.14. The van der Waals surface area contributed by atoms with Crippen molar-refractivity contribution in [2.75, 3.05) is 13.1 Å². The smallest absolute Gasteiger partial charge is 0.328 e. The van der Waals surface area contributed by atoms with Crippen LogP contribution in [0.4, 0.5) is 0 Å². The monoisotopic (exact) mass is 197 g/mol. The Morgan fingerprint density at radius 2 is 2.29 bits per heavy atom. The zero-order valence-electron chi connectivity index (χ0n) is 8.94. The number of hydrogen-bond donors (Lipinski definition) is 1. The molecule has 1 fully saturated rings. The summed E-state index contributed by atoms with van der Waals surface area (Å²) in [5.41, 5.74) is 0. The molecule has 0 saturated carbocycles. The summed E-state index contributed by atoms with van der Waals surface area (Å²) in [5, 5.41) is 8.45. The number of nitrogens with zero attached hydrogens (tertiary/aromatic N) is 1. The molecule has 1 heterocycles. The Bertz CT molecular complexity index is 225. The van der Waals surface area contributed by atoms with Gasteiger partial charge >= 0.3 is 5.97 Å². The van der Waals surface area contributed by atoms with Gasteiger partial charge in [-0.1, -0.05) is 13.0 Å². The molecule has 0 spiro atoms. The van der Waals surface area contributed by atoms with Crippen molar-refractivity contribution in [3.8, 4) is 0 Å². The second-order valence-corrected chi connectivity index (χ2v) is 4.21. The summed E-state index contributed by atoms with van der Waals surface area (Å²) in [7, 11) is 0. The van der Waals surface area contributed by atoms with E-state index in [4.69, 9.17) is 5.11 Å². The highest BCUT2D eigenvalue weighted by molar-refractivity contribution is 5.79. The van der Waals surface area contributed by atoms with Crippen molar-refractivity contribution in [2.24, 2.45) is 5.92 Å². The van der Waals surface area contributed by atoms with Crippen LogP contribution in [-0.2, 0) is 4.79 Å². The first kappa shape index (κ1) is 11.2. The first-order valence-electron chi connectivity index (χ1n) is 5.23. The highest BCUT2D eigenvalue weighted by Crippen LogP contribution is 2.21. The summed E-state index contributed by atoms with van der Waals surface area (Å²) in [6, 6.07) is 0.581. The maximum Gasteiger partial charge on any atom is 0.328 e. The number of piperidine rings is 1. The second-order valence-electron chi connectivity index (χ2n) is 4.21. The van der Waals surface area contributed by atoms with Crippen molar-refractivity contribution >= 4 is 5.97 Å². The molecule has 0 aliphatic carbocycles. The largest absolute Gasteiger partial charge is 0.478 e. The molecule has 2 atom stereocenters. The van der Waals surface area contributed by atoms with E-state index in [0.29, 0.717) is 6.04 Å². The molecule has 0 aromatic heterocycles. The van der Waals surface area contributed by atoms with Gasteiger partial charge in [-0.05, 0) is 32.2 Å². The summed E-state index contributed by atoms with van der Waals surface area (Å²) in [6.07, 6.45) is 5.41. The van der Waals surface area contributed by atoms with E-state index in [-0.39, 0.29) is 0 Å². The average molecular weight is 197 g/mol. The highest BCUT2D eigenvalue weighted by atomic mass is 16.4. The lowest BCUT2D eigenvalue weighted by molar-refractivity contribution is -0.131. The lowest BCUT2D eigenvalue weighted by Crippen LogP contribution is -2.40. The molecular weight excluding hydrogens is 178 g/mol. The highest BCUT2D eigenvalue weighted by Gasteiger charge is 2.21. The fraction of sp³-hybridized carbons (Fsp3) is 0.727. The third-order valence-electron chi connectivity index (χ3n) is 2.88. The number of hydrogen-bond acceptors (Lipinski definition) is 2. The first-order valence-corrected chi connectivity index (χ1v) is 5.23. The molecule has 1 saturated heterocycles. The molecule has 1 rings (SSSR count). The minimum Gasteiger partial charge on any atom is -0.478 e. The molecule has 1 aliphatic heterocycles. The molecule has 3 nitrogen and oxygen atoms in total. The van der Waals surface area contributed by atoms with Gasteiger partial charge in [-0.3, -0.25) is 4.90 Å². The molecule has 14 heavy (non-hydrogen) atoms. The van der Waals surface area contributed by atoms with Crippen LogP contribution in [0, 0.1) is 5.92 Å². The van der Waals surface area contributed by atoms with Gasteiger partial charge in [0.05, 0.1) is 0 Å². The second kappa shape index (κ2) is 5.15. The van der Waals surface area contributed by atoms with E-state index in [9.17, 15) is 4.79 Å². The van der Waals surface area contributed by atoms with Gasteiger partial charge < -0.3 is 5.11 Å². The summed E-state index contributed by atoms with van der Waals surface area (Å²) < 4.78 is 0. The van der Waals surface area contributed by atoms with Crippen LogP contribution in [-0.4, -0.2) is 35.1 Å². The van der Waals surface area contributed by atoms with Crippen molar-refractivity contribution in [2.45, 2.75) is 32.7 Å². The van der Waals surface area contributed by atoms with Gasteiger partial charge in [0, 0.05) is 18.7 Å². The van der Waals surface area contributed by atoms with Crippen LogP contribution in [0.2, 0.25) is 0 Å². The quantitative estimate of drug-likeness (QED) is 0.701. The van der Waals surface area contributed by atoms with E-state index in [1.54, 1.807) is 6.08 Å². The molecular formula is C11H19NO2.